The van der Waals surface area contributed by atoms with Gasteiger partial charge in [0.25, 0.3) is 0 Å². The Morgan fingerprint density at radius 3 is 2.67 bits per heavy atom. The lowest BCUT2D eigenvalue weighted by molar-refractivity contribution is -0.136. The summed E-state index contributed by atoms with van der Waals surface area (Å²) in [6.07, 6.45) is -4.02. The molecule has 2 aromatic rings. The number of aldehydes is 1. The summed E-state index contributed by atoms with van der Waals surface area (Å²) in [6.45, 7) is 0. The van der Waals surface area contributed by atoms with E-state index >= 15 is 0 Å². The summed E-state index contributed by atoms with van der Waals surface area (Å²) < 4.78 is 37.5. The van der Waals surface area contributed by atoms with Gasteiger partial charge >= 0.3 is 6.18 Å². The monoisotopic (exact) mass is 214 g/mol. The van der Waals surface area contributed by atoms with Crippen molar-refractivity contribution in [3.05, 3.63) is 29.5 Å². The van der Waals surface area contributed by atoms with Gasteiger partial charge in [0.05, 0.1) is 5.56 Å². The summed E-state index contributed by atoms with van der Waals surface area (Å²) in [5, 5.41) is 5.92. The molecule has 78 valence electrons. The molecule has 1 N–H and O–H groups in total. The summed E-state index contributed by atoms with van der Waals surface area (Å²) >= 11 is 0. The number of hydrogen-bond acceptors (Lipinski definition) is 2. The lowest BCUT2D eigenvalue weighted by atomic mass is 10.1. The molecule has 0 saturated carbocycles. The summed E-state index contributed by atoms with van der Waals surface area (Å²) in [4.78, 5) is 10.5. The summed E-state index contributed by atoms with van der Waals surface area (Å²) in [5.74, 6) is 0. The zero-order chi connectivity index (χ0) is 11.1. The Hall–Kier alpha value is -1.85. The maximum Gasteiger partial charge on any atom is 0.418 e. The molecule has 3 nitrogen and oxygen atoms in total. The van der Waals surface area contributed by atoms with Gasteiger partial charge < -0.3 is 0 Å². The van der Waals surface area contributed by atoms with Crippen LogP contribution in [0.3, 0.4) is 0 Å². The van der Waals surface area contributed by atoms with Crippen molar-refractivity contribution < 1.29 is 18.0 Å². The van der Waals surface area contributed by atoms with Crippen molar-refractivity contribution in [3.63, 3.8) is 0 Å². The number of carbonyl (C=O) groups excluding carboxylic acids is 1. The molecule has 0 saturated heterocycles. The molecule has 0 aliphatic carbocycles. The molecule has 1 aromatic carbocycles. The third kappa shape index (κ3) is 1.47. The lowest BCUT2D eigenvalue weighted by Crippen LogP contribution is -2.05. The van der Waals surface area contributed by atoms with E-state index in [0.717, 1.165) is 6.07 Å². The van der Waals surface area contributed by atoms with Crippen LogP contribution >= 0.6 is 0 Å². The second kappa shape index (κ2) is 3.08. The van der Waals surface area contributed by atoms with Gasteiger partial charge in [-0.1, -0.05) is 12.1 Å². The number of hydrogen-bond donors (Lipinski definition) is 1. The number of rotatable bonds is 1. The first-order valence-corrected chi connectivity index (χ1v) is 4.03. The van der Waals surface area contributed by atoms with Gasteiger partial charge in [0, 0.05) is 5.39 Å². The van der Waals surface area contributed by atoms with Gasteiger partial charge in [-0.25, -0.2) is 0 Å². The average molecular weight is 214 g/mol. The smallest absolute Gasteiger partial charge is 0.296 e. The molecule has 0 spiro atoms. The molecule has 0 unspecified atom stereocenters. The third-order valence-electron chi connectivity index (χ3n) is 2.04. The number of nitrogens with zero attached hydrogens (tertiary/aromatic N) is 1. The largest absolute Gasteiger partial charge is 0.418 e. The van der Waals surface area contributed by atoms with E-state index in [0.29, 0.717) is 6.29 Å². The Balaban J connectivity index is 2.78. The molecule has 1 heterocycles. The van der Waals surface area contributed by atoms with Gasteiger partial charge in [-0.2, -0.15) is 18.3 Å². The molecule has 0 amide bonds. The van der Waals surface area contributed by atoms with Crippen molar-refractivity contribution in [1.29, 1.82) is 0 Å². The first kappa shape index (κ1) is 9.70. The molecule has 0 aliphatic rings. The van der Waals surface area contributed by atoms with E-state index in [2.05, 4.69) is 10.2 Å². The molecule has 6 heteroatoms. The second-order valence-corrected chi connectivity index (χ2v) is 2.95. The number of aromatic amines is 1. The van der Waals surface area contributed by atoms with Crippen LogP contribution in [0.25, 0.3) is 10.9 Å². The molecule has 0 aliphatic heterocycles. The Morgan fingerprint density at radius 2 is 2.07 bits per heavy atom. The predicted octanol–water partition coefficient (Wildman–Crippen LogP) is 2.39. The number of para-hydroxylation sites is 1. The number of carbonyl (C=O) groups is 1. The normalized spacial score (nSPS) is 11.9. The van der Waals surface area contributed by atoms with Crippen LogP contribution in [0.15, 0.2) is 18.2 Å². The molecular formula is C9H5F3N2O. The van der Waals surface area contributed by atoms with Gasteiger partial charge in [-0.3, -0.25) is 9.89 Å². The topological polar surface area (TPSA) is 45.8 Å². The van der Waals surface area contributed by atoms with E-state index in [4.69, 9.17) is 0 Å². The average Bonchev–Trinajstić information content (AvgIpc) is 2.58. The second-order valence-electron chi connectivity index (χ2n) is 2.95. The van der Waals surface area contributed by atoms with Crippen LogP contribution in [0.5, 0.6) is 0 Å². The molecule has 0 bridgehead atoms. The maximum atomic E-state index is 12.5. The Labute approximate surface area is 81.9 Å². The Kier molecular flexibility index (Phi) is 1.99. The predicted molar refractivity (Wildman–Crippen MR) is 46.5 cm³/mol. The first-order chi connectivity index (χ1) is 7.04. The quantitative estimate of drug-likeness (QED) is 0.741. The number of aromatic nitrogens is 2. The zero-order valence-corrected chi connectivity index (χ0v) is 7.30. The van der Waals surface area contributed by atoms with Crippen molar-refractivity contribution in [2.24, 2.45) is 0 Å². The molecule has 2 rings (SSSR count). The van der Waals surface area contributed by atoms with Gasteiger partial charge in [-0.15, -0.1) is 0 Å². The van der Waals surface area contributed by atoms with Crippen molar-refractivity contribution in [2.75, 3.05) is 0 Å². The van der Waals surface area contributed by atoms with Crippen LogP contribution in [0.4, 0.5) is 13.2 Å². The van der Waals surface area contributed by atoms with E-state index in [1.165, 1.54) is 12.1 Å². The van der Waals surface area contributed by atoms with Gasteiger partial charge in [0.1, 0.15) is 11.2 Å². The van der Waals surface area contributed by atoms with Crippen molar-refractivity contribution >= 4 is 17.2 Å². The Morgan fingerprint density at radius 1 is 1.33 bits per heavy atom. The van der Waals surface area contributed by atoms with Crippen LogP contribution in [0, 0.1) is 0 Å². The number of alkyl halides is 3. The highest BCUT2D eigenvalue weighted by Crippen LogP contribution is 2.34. The number of benzene rings is 1. The summed E-state index contributed by atoms with van der Waals surface area (Å²) in [6, 6.07) is 3.59. The fraction of sp³-hybridized carbons (Fsp3) is 0.111. The van der Waals surface area contributed by atoms with E-state index in [-0.39, 0.29) is 16.6 Å². The van der Waals surface area contributed by atoms with Crippen molar-refractivity contribution in [3.8, 4) is 0 Å². The van der Waals surface area contributed by atoms with E-state index in [1.54, 1.807) is 0 Å². The third-order valence-corrected chi connectivity index (χ3v) is 2.04. The highest BCUT2D eigenvalue weighted by molar-refractivity contribution is 5.96. The standard InChI is InChI=1S/C9H5F3N2O/c10-9(11,12)6-3-1-2-5-7(4-15)13-14-8(5)6/h1-4H,(H,13,14). The SMILES string of the molecule is O=Cc1[nH]nc2c(C(F)(F)F)cccc12. The minimum Gasteiger partial charge on any atom is -0.296 e. The summed E-state index contributed by atoms with van der Waals surface area (Å²) in [7, 11) is 0. The zero-order valence-electron chi connectivity index (χ0n) is 7.30. The maximum absolute atomic E-state index is 12.5. The van der Waals surface area contributed by atoms with Gasteiger partial charge in [0.2, 0.25) is 0 Å². The number of nitrogens with one attached hydrogen (secondary N) is 1. The molecule has 0 fully saturated rings. The fourth-order valence-electron chi connectivity index (χ4n) is 1.38. The van der Waals surface area contributed by atoms with Crippen LogP contribution in [-0.4, -0.2) is 16.5 Å². The minimum atomic E-state index is -4.46. The molecule has 0 radical (unpaired) electrons. The minimum absolute atomic E-state index is 0.0519. The molecule has 1 aromatic heterocycles. The number of halogens is 3. The van der Waals surface area contributed by atoms with E-state index < -0.39 is 11.7 Å². The van der Waals surface area contributed by atoms with Crippen molar-refractivity contribution in [2.45, 2.75) is 6.18 Å². The van der Waals surface area contributed by atoms with Crippen LogP contribution in [0.1, 0.15) is 16.1 Å². The van der Waals surface area contributed by atoms with Gasteiger partial charge in [-0.05, 0) is 6.07 Å². The Bertz CT molecular complexity index is 516. The van der Waals surface area contributed by atoms with Crippen molar-refractivity contribution in [1.82, 2.24) is 10.2 Å². The first-order valence-electron chi connectivity index (χ1n) is 4.03. The summed E-state index contributed by atoms with van der Waals surface area (Å²) in [5.41, 5.74) is -1.02. The molecule has 15 heavy (non-hydrogen) atoms. The van der Waals surface area contributed by atoms with E-state index in [9.17, 15) is 18.0 Å². The lowest BCUT2D eigenvalue weighted by Gasteiger charge is -2.05. The van der Waals surface area contributed by atoms with Gasteiger partial charge in [0.15, 0.2) is 6.29 Å². The number of H-pyrrole nitrogens is 1. The molecular weight excluding hydrogens is 209 g/mol. The highest BCUT2D eigenvalue weighted by Gasteiger charge is 2.33. The number of fused-ring (bicyclic) bond motifs is 1. The van der Waals surface area contributed by atoms with E-state index in [1.807, 2.05) is 0 Å². The van der Waals surface area contributed by atoms with Crippen LogP contribution in [0.2, 0.25) is 0 Å². The highest BCUT2D eigenvalue weighted by atomic mass is 19.4. The van der Waals surface area contributed by atoms with Crippen LogP contribution in [-0.2, 0) is 6.18 Å². The molecule has 0 atom stereocenters. The fourth-order valence-corrected chi connectivity index (χ4v) is 1.38. The van der Waals surface area contributed by atoms with Crippen LogP contribution < -0.4 is 0 Å².